The van der Waals surface area contributed by atoms with Gasteiger partial charge in [-0.25, -0.2) is 0 Å². The molecule has 1 radical (unpaired) electrons. The number of β-lactam (4-membered cyclic amide) rings is 4. The summed E-state index contributed by atoms with van der Waals surface area (Å²) in [6.07, 6.45) is 12.2. The second-order valence-electron chi connectivity index (χ2n) is 5.87. The van der Waals surface area contributed by atoms with Crippen molar-refractivity contribution in [3.63, 3.8) is 0 Å². The summed E-state index contributed by atoms with van der Waals surface area (Å²) in [7, 11) is 2.96. The van der Waals surface area contributed by atoms with Crippen LogP contribution >= 0.6 is 0 Å². The van der Waals surface area contributed by atoms with Gasteiger partial charge in [-0.1, -0.05) is 72.6 Å². The number of hydrogen-bond acceptors (Lipinski definition) is 4. The van der Waals surface area contributed by atoms with E-state index in [1.807, 2.05) is 13.8 Å². The number of carbonyl (C=O) groups is 4. The molecule has 2 heterocycles. The van der Waals surface area contributed by atoms with Gasteiger partial charge in [0.05, 0.1) is 0 Å². The average Bonchev–Trinajstić information content (AvgIpc) is 2.46. The Balaban J connectivity index is -0.000000263. The van der Waals surface area contributed by atoms with E-state index in [-0.39, 0.29) is 76.6 Å². The van der Waals surface area contributed by atoms with Crippen LogP contribution in [0.25, 0.3) is 0 Å². The Bertz CT molecular complexity index is 357. The number of amides is 4. The summed E-state index contributed by atoms with van der Waals surface area (Å²) in [6.45, 7) is 4.00. The Morgan fingerprint density at radius 3 is 0.692 bits per heavy atom. The molecule has 4 fully saturated rings. The second-order valence-corrected chi connectivity index (χ2v) is 5.87. The van der Waals surface area contributed by atoms with Crippen molar-refractivity contribution in [3.8, 4) is 0 Å². The van der Waals surface area contributed by atoms with Crippen LogP contribution in [-0.2, 0) is 51.9 Å². The van der Waals surface area contributed by atoms with Crippen LogP contribution in [0.15, 0.2) is 0 Å². The molecule has 0 aromatic carbocycles. The Labute approximate surface area is 184 Å². The minimum absolute atomic E-state index is 0. The van der Waals surface area contributed by atoms with Crippen LogP contribution < -0.4 is 0 Å². The molecule has 0 N–H and O–H groups in total. The minimum atomic E-state index is -0.0787. The molecule has 2 saturated carbocycles. The van der Waals surface area contributed by atoms with E-state index in [2.05, 4.69) is 0 Å². The molecule has 2 aliphatic heterocycles. The maximum absolute atomic E-state index is 10.1. The molecular weight excluding hydrogens is 409 g/mol. The third-order valence-electron chi connectivity index (χ3n) is 4.10. The van der Waals surface area contributed by atoms with Crippen LogP contribution in [0, 0.1) is 0 Å². The van der Waals surface area contributed by atoms with Crippen molar-refractivity contribution in [2.45, 2.75) is 85.5 Å². The number of rotatable bonds is 0. The normalized spacial score (nSPS) is 18.3. The number of likely N-dealkylation sites (tertiary alicyclic amines) is 2. The summed E-state index contributed by atoms with van der Waals surface area (Å²) in [5.41, 5.74) is 0. The first-order valence-corrected chi connectivity index (χ1v) is 9.02. The van der Waals surface area contributed by atoms with Gasteiger partial charge in [-0.05, 0) is 0 Å². The van der Waals surface area contributed by atoms with Crippen molar-refractivity contribution in [1.82, 2.24) is 9.80 Å². The molecule has 149 valence electrons. The largest absolute Gasteiger partial charge is 0.285 e. The first-order chi connectivity index (χ1) is 11.4. The SMILES string of the molecule is C.C1CCC1.C1CCC1.CC.CN1C(=O)CC1=O.CN1C(=O)CC1=O.[Y]. The molecule has 0 aromatic heterocycles. The minimum Gasteiger partial charge on any atom is -0.285 e. The molecule has 4 rings (SSSR count). The predicted octanol–water partition coefficient (Wildman–Crippen LogP) is 3.53. The summed E-state index contributed by atoms with van der Waals surface area (Å²) in [5, 5.41) is 0. The molecule has 0 aromatic rings. The summed E-state index contributed by atoms with van der Waals surface area (Å²) in [5.74, 6) is -0.315. The van der Waals surface area contributed by atoms with Gasteiger partial charge in [0, 0.05) is 46.8 Å². The standard InChI is InChI=1S/2C4H5NO2.2C4H8.C2H6.CH4.Y/c2*1-5-3(6)2-4(5)7;2*1-2-4-3-1;1-2;;/h2*2H2,1H3;2*1-4H2;1-2H3;1H4;. The van der Waals surface area contributed by atoms with Gasteiger partial charge < -0.3 is 0 Å². The summed E-state index contributed by atoms with van der Waals surface area (Å²) >= 11 is 0. The molecule has 0 unspecified atom stereocenters. The molecule has 0 atom stereocenters. The van der Waals surface area contributed by atoms with E-state index in [4.69, 9.17) is 0 Å². The molecule has 4 aliphatic rings. The van der Waals surface area contributed by atoms with Crippen LogP contribution in [0.4, 0.5) is 0 Å². The van der Waals surface area contributed by atoms with Gasteiger partial charge >= 0.3 is 0 Å². The molecule has 2 aliphatic carbocycles. The number of nitrogens with zero attached hydrogens (tertiary/aromatic N) is 2. The van der Waals surface area contributed by atoms with E-state index in [1.165, 1.54) is 65.5 Å². The van der Waals surface area contributed by atoms with Crippen molar-refractivity contribution in [1.29, 1.82) is 0 Å². The fourth-order valence-corrected chi connectivity index (χ4v) is 1.33. The summed E-state index contributed by atoms with van der Waals surface area (Å²) < 4.78 is 0. The zero-order valence-electron chi connectivity index (χ0n) is 16.2. The van der Waals surface area contributed by atoms with E-state index in [9.17, 15) is 19.2 Å². The van der Waals surface area contributed by atoms with Gasteiger partial charge in [0.1, 0.15) is 12.8 Å². The zero-order chi connectivity index (χ0) is 18.5. The Hall–Kier alpha value is -0.616. The quantitative estimate of drug-likeness (QED) is 0.422. The Morgan fingerprint density at radius 2 is 0.692 bits per heavy atom. The molecule has 0 spiro atoms. The molecule has 0 bridgehead atoms. The van der Waals surface area contributed by atoms with Crippen molar-refractivity contribution < 1.29 is 51.9 Å². The third-order valence-corrected chi connectivity index (χ3v) is 4.10. The van der Waals surface area contributed by atoms with Gasteiger partial charge in [-0.2, -0.15) is 0 Å². The molecule has 2 saturated heterocycles. The topological polar surface area (TPSA) is 74.8 Å². The van der Waals surface area contributed by atoms with Gasteiger partial charge in [-0.3, -0.25) is 29.0 Å². The smallest absolute Gasteiger partial charge is 0.238 e. The van der Waals surface area contributed by atoms with Crippen LogP contribution in [0.3, 0.4) is 0 Å². The number of hydrogen-bond donors (Lipinski definition) is 0. The van der Waals surface area contributed by atoms with Gasteiger partial charge in [0.2, 0.25) is 23.6 Å². The summed E-state index contributed by atoms with van der Waals surface area (Å²) in [6, 6.07) is 0. The van der Waals surface area contributed by atoms with E-state index < -0.39 is 0 Å². The van der Waals surface area contributed by atoms with Crippen molar-refractivity contribution in [2.75, 3.05) is 14.1 Å². The van der Waals surface area contributed by atoms with E-state index >= 15 is 0 Å². The van der Waals surface area contributed by atoms with Crippen LogP contribution in [0.2, 0.25) is 0 Å². The summed E-state index contributed by atoms with van der Waals surface area (Å²) in [4.78, 5) is 42.8. The van der Waals surface area contributed by atoms with E-state index in [0.29, 0.717) is 0 Å². The maximum atomic E-state index is 10.1. The molecule has 4 amide bonds. The van der Waals surface area contributed by atoms with E-state index in [0.717, 1.165) is 9.80 Å². The fourth-order valence-electron chi connectivity index (χ4n) is 1.33. The van der Waals surface area contributed by atoms with E-state index in [1.54, 1.807) is 0 Å². The van der Waals surface area contributed by atoms with Crippen molar-refractivity contribution >= 4 is 23.6 Å². The second kappa shape index (κ2) is 17.8. The van der Waals surface area contributed by atoms with Crippen LogP contribution in [-0.4, -0.2) is 47.5 Å². The van der Waals surface area contributed by atoms with Gasteiger partial charge in [-0.15, -0.1) is 0 Å². The molecule has 7 heteroatoms. The number of carbonyl (C=O) groups excluding carboxylic acids is 4. The third kappa shape index (κ3) is 11.9. The number of imide groups is 2. The first-order valence-electron chi connectivity index (χ1n) is 9.02. The van der Waals surface area contributed by atoms with Crippen LogP contribution in [0.5, 0.6) is 0 Å². The van der Waals surface area contributed by atoms with Gasteiger partial charge in [0.15, 0.2) is 0 Å². The Morgan fingerprint density at radius 1 is 0.538 bits per heavy atom. The molecular formula is C19H36N2O4Y. The molecule has 6 nitrogen and oxygen atoms in total. The van der Waals surface area contributed by atoms with Crippen LogP contribution in [0.1, 0.15) is 85.5 Å². The zero-order valence-corrected chi connectivity index (χ0v) is 19.0. The van der Waals surface area contributed by atoms with Crippen molar-refractivity contribution in [3.05, 3.63) is 0 Å². The average molecular weight is 445 g/mol. The maximum Gasteiger partial charge on any atom is 0.238 e. The first kappa shape index (κ1) is 30.1. The monoisotopic (exact) mass is 445 g/mol. The van der Waals surface area contributed by atoms with Gasteiger partial charge in [0.25, 0.3) is 0 Å². The predicted molar refractivity (Wildman–Crippen MR) is 99.8 cm³/mol. The molecule has 26 heavy (non-hydrogen) atoms. The van der Waals surface area contributed by atoms with Crippen molar-refractivity contribution in [2.24, 2.45) is 0 Å². The fraction of sp³-hybridized carbons (Fsp3) is 0.789. The Kier molecular flexibility index (Phi) is 20.6.